The number of benzene rings is 2. The Bertz CT molecular complexity index is 943. The number of hydrogen-bond donors (Lipinski definition) is 0. The second-order valence-corrected chi connectivity index (χ2v) is 5.36. The van der Waals surface area contributed by atoms with Crippen molar-refractivity contribution in [1.82, 2.24) is 15.0 Å². The van der Waals surface area contributed by atoms with Gasteiger partial charge in [-0.3, -0.25) is 0 Å². The SMILES string of the molecule is [2H]c1c([2H])c(C)c([2H])c(-c2nc(-c3ccccc3)nc(C(C)C)n2)c1[2H]. The van der Waals surface area contributed by atoms with Gasteiger partial charge in [0.25, 0.3) is 0 Å². The molecule has 0 aliphatic heterocycles. The maximum absolute atomic E-state index is 8.34. The Morgan fingerprint density at radius 2 is 1.59 bits per heavy atom. The summed E-state index contributed by atoms with van der Waals surface area (Å²) in [6, 6.07) is 8.94. The van der Waals surface area contributed by atoms with Gasteiger partial charge in [-0.05, 0) is 13.0 Å². The molecule has 0 fully saturated rings. The second-order valence-electron chi connectivity index (χ2n) is 5.36. The molecule has 0 aliphatic carbocycles. The Labute approximate surface area is 136 Å². The average molecular weight is 293 g/mol. The van der Waals surface area contributed by atoms with Crippen molar-refractivity contribution in [1.29, 1.82) is 0 Å². The average Bonchev–Trinajstić information content (AvgIpc) is 2.65. The van der Waals surface area contributed by atoms with Crippen LogP contribution in [0.15, 0.2) is 54.5 Å². The zero-order valence-electron chi connectivity index (χ0n) is 16.8. The predicted octanol–water partition coefficient (Wildman–Crippen LogP) is 4.64. The summed E-state index contributed by atoms with van der Waals surface area (Å²) in [6.45, 7) is 5.53. The van der Waals surface area contributed by atoms with E-state index in [1.54, 1.807) is 6.92 Å². The van der Waals surface area contributed by atoms with E-state index < -0.39 is 0 Å². The molecule has 0 bridgehead atoms. The molecular weight excluding hydrogens is 270 g/mol. The van der Waals surface area contributed by atoms with Crippen LogP contribution in [-0.4, -0.2) is 15.0 Å². The van der Waals surface area contributed by atoms with E-state index in [1.807, 2.05) is 44.2 Å². The van der Waals surface area contributed by atoms with Crippen molar-refractivity contribution in [3.05, 3.63) is 65.9 Å². The first-order valence-corrected chi connectivity index (χ1v) is 7.20. The van der Waals surface area contributed by atoms with Gasteiger partial charge in [-0.2, -0.15) is 0 Å². The summed E-state index contributed by atoms with van der Waals surface area (Å²) in [5, 5.41) is 0. The van der Waals surface area contributed by atoms with E-state index >= 15 is 0 Å². The van der Waals surface area contributed by atoms with Gasteiger partial charge in [0.15, 0.2) is 11.6 Å². The Morgan fingerprint density at radius 3 is 2.27 bits per heavy atom. The Hall–Kier alpha value is -2.55. The fourth-order valence-electron chi connectivity index (χ4n) is 2.03. The van der Waals surface area contributed by atoms with Gasteiger partial charge < -0.3 is 0 Å². The van der Waals surface area contributed by atoms with Gasteiger partial charge in [-0.1, -0.05) is 67.9 Å². The largest absolute Gasteiger partial charge is 0.213 e. The summed E-state index contributed by atoms with van der Waals surface area (Å²) in [6.07, 6.45) is 0. The smallest absolute Gasteiger partial charge is 0.163 e. The minimum Gasteiger partial charge on any atom is -0.213 e. The maximum Gasteiger partial charge on any atom is 0.163 e. The summed E-state index contributed by atoms with van der Waals surface area (Å²) in [5.41, 5.74) is 1.33. The van der Waals surface area contributed by atoms with Gasteiger partial charge in [0.2, 0.25) is 0 Å². The van der Waals surface area contributed by atoms with E-state index in [0.717, 1.165) is 5.56 Å². The quantitative estimate of drug-likeness (QED) is 0.706. The predicted molar refractivity (Wildman–Crippen MR) is 89.5 cm³/mol. The third-order valence-corrected chi connectivity index (χ3v) is 3.17. The number of nitrogens with zero attached hydrogens (tertiary/aromatic N) is 3. The lowest BCUT2D eigenvalue weighted by Crippen LogP contribution is -2.04. The van der Waals surface area contributed by atoms with Crippen molar-refractivity contribution in [2.75, 3.05) is 0 Å². The first-order chi connectivity index (χ1) is 12.3. The van der Waals surface area contributed by atoms with Crippen molar-refractivity contribution in [2.45, 2.75) is 26.7 Å². The summed E-state index contributed by atoms with van der Waals surface area (Å²) >= 11 is 0. The monoisotopic (exact) mass is 293 g/mol. The molecule has 0 aliphatic rings. The van der Waals surface area contributed by atoms with Gasteiger partial charge >= 0.3 is 0 Å². The van der Waals surface area contributed by atoms with Crippen LogP contribution in [0.3, 0.4) is 0 Å². The summed E-state index contributed by atoms with van der Waals surface area (Å²) in [4.78, 5) is 13.5. The van der Waals surface area contributed by atoms with Crippen LogP contribution in [0.5, 0.6) is 0 Å². The molecule has 3 aromatic rings. The van der Waals surface area contributed by atoms with Gasteiger partial charge in [-0.15, -0.1) is 0 Å². The fraction of sp³-hybridized carbons (Fsp3) is 0.211. The van der Waals surface area contributed by atoms with E-state index in [-0.39, 0.29) is 41.5 Å². The molecule has 0 unspecified atom stereocenters. The summed E-state index contributed by atoms with van der Waals surface area (Å²) < 4.78 is 32.5. The van der Waals surface area contributed by atoms with E-state index in [2.05, 4.69) is 15.0 Å². The maximum atomic E-state index is 8.34. The topological polar surface area (TPSA) is 38.7 Å². The molecule has 110 valence electrons. The first kappa shape index (κ1) is 10.2. The molecule has 2 aromatic carbocycles. The molecule has 0 atom stereocenters. The molecule has 0 saturated heterocycles. The van der Waals surface area contributed by atoms with E-state index in [0.29, 0.717) is 17.2 Å². The highest BCUT2D eigenvalue weighted by Crippen LogP contribution is 2.23. The van der Waals surface area contributed by atoms with Crippen LogP contribution in [0.4, 0.5) is 0 Å². The molecule has 1 heterocycles. The zero-order chi connectivity index (χ0) is 19.0. The lowest BCUT2D eigenvalue weighted by molar-refractivity contribution is 0.766. The summed E-state index contributed by atoms with van der Waals surface area (Å²) in [7, 11) is 0. The Kier molecular flexibility index (Phi) is 2.82. The number of rotatable bonds is 3. The van der Waals surface area contributed by atoms with Crippen LogP contribution >= 0.6 is 0 Å². The fourth-order valence-corrected chi connectivity index (χ4v) is 2.03. The molecule has 0 spiro atoms. The molecule has 0 saturated carbocycles. The van der Waals surface area contributed by atoms with Crippen molar-refractivity contribution < 1.29 is 5.48 Å². The Morgan fingerprint density at radius 1 is 0.909 bits per heavy atom. The lowest BCUT2D eigenvalue weighted by Gasteiger charge is -2.10. The standard InChI is InChI=1S/C19H19N3/c1-13(2)17-20-18(15-9-5-4-6-10-15)22-19(21-17)16-11-7-8-14(3)12-16/h4-13H,1-3H3/i7D,8D,11D,12D. The minimum atomic E-state index is -0.221. The molecule has 0 N–H and O–H groups in total. The minimum absolute atomic E-state index is 0.0101. The number of aromatic nitrogens is 3. The third-order valence-electron chi connectivity index (χ3n) is 3.17. The van der Waals surface area contributed by atoms with Crippen LogP contribution in [0, 0.1) is 6.92 Å². The van der Waals surface area contributed by atoms with Crippen LogP contribution in [0.25, 0.3) is 22.8 Å². The highest BCUT2D eigenvalue weighted by Gasteiger charge is 2.12. The molecule has 3 heteroatoms. The van der Waals surface area contributed by atoms with Crippen molar-refractivity contribution in [3.63, 3.8) is 0 Å². The van der Waals surface area contributed by atoms with Gasteiger partial charge in [0.05, 0.1) is 5.48 Å². The molecule has 3 nitrogen and oxygen atoms in total. The van der Waals surface area contributed by atoms with Crippen LogP contribution in [0.1, 0.15) is 36.6 Å². The van der Waals surface area contributed by atoms with Crippen molar-refractivity contribution >= 4 is 0 Å². The normalized spacial score (nSPS) is 13.5. The Balaban J connectivity index is 2.32. The van der Waals surface area contributed by atoms with Crippen LogP contribution in [-0.2, 0) is 0 Å². The second kappa shape index (κ2) is 6.06. The van der Waals surface area contributed by atoms with Gasteiger partial charge in [-0.25, -0.2) is 15.0 Å². The van der Waals surface area contributed by atoms with Crippen molar-refractivity contribution in [2.24, 2.45) is 0 Å². The van der Waals surface area contributed by atoms with E-state index in [9.17, 15) is 0 Å². The highest BCUT2D eigenvalue weighted by molar-refractivity contribution is 5.61. The third kappa shape index (κ3) is 3.03. The molecule has 0 amide bonds. The highest BCUT2D eigenvalue weighted by atomic mass is 15.0. The summed E-state index contributed by atoms with van der Waals surface area (Å²) in [5.74, 6) is 1.27. The lowest BCUT2D eigenvalue weighted by atomic mass is 10.1. The van der Waals surface area contributed by atoms with E-state index in [1.165, 1.54) is 0 Å². The van der Waals surface area contributed by atoms with Crippen LogP contribution in [0.2, 0.25) is 0 Å². The number of hydrogen-bond acceptors (Lipinski definition) is 3. The first-order valence-electron chi connectivity index (χ1n) is 9.20. The van der Waals surface area contributed by atoms with Crippen molar-refractivity contribution in [3.8, 4) is 22.8 Å². The molecule has 1 aromatic heterocycles. The molecule has 3 rings (SSSR count). The molecule has 22 heavy (non-hydrogen) atoms. The molecule has 0 radical (unpaired) electrons. The molecular formula is C19H19N3. The van der Waals surface area contributed by atoms with Crippen LogP contribution < -0.4 is 0 Å². The van der Waals surface area contributed by atoms with E-state index in [4.69, 9.17) is 5.48 Å². The zero-order valence-corrected chi connectivity index (χ0v) is 12.8. The van der Waals surface area contributed by atoms with Gasteiger partial charge in [0, 0.05) is 17.0 Å². The van der Waals surface area contributed by atoms with Gasteiger partial charge in [0.1, 0.15) is 5.82 Å².